The Hall–Kier alpha value is -1.82. The third-order valence-corrected chi connectivity index (χ3v) is 2.43. The highest BCUT2D eigenvalue weighted by Crippen LogP contribution is 2.21. The van der Waals surface area contributed by atoms with Crippen molar-refractivity contribution in [3.8, 4) is 5.69 Å². The quantitative estimate of drug-likeness (QED) is 0.836. The van der Waals surface area contributed by atoms with Gasteiger partial charge in [0.15, 0.2) is 0 Å². The summed E-state index contributed by atoms with van der Waals surface area (Å²) in [5.74, 6) is -0.391. The van der Waals surface area contributed by atoms with Gasteiger partial charge in [0.25, 0.3) is 0 Å². The van der Waals surface area contributed by atoms with Crippen molar-refractivity contribution in [2.75, 3.05) is 0 Å². The summed E-state index contributed by atoms with van der Waals surface area (Å²) in [7, 11) is 0. The molecule has 0 unspecified atom stereocenters. The van der Waals surface area contributed by atoms with E-state index in [9.17, 15) is 9.50 Å². The second kappa shape index (κ2) is 4.36. The second-order valence-corrected chi connectivity index (χ2v) is 3.30. The smallest absolute Gasteiger partial charge is 0.143 e. The Kier molecular flexibility index (Phi) is 2.91. The summed E-state index contributed by atoms with van der Waals surface area (Å²) in [6, 6.07) is 3.37. The van der Waals surface area contributed by atoms with Crippen LogP contribution in [-0.4, -0.2) is 25.3 Å². The monoisotopic (exact) mass is 222 g/mol. The van der Waals surface area contributed by atoms with Crippen molar-refractivity contribution in [2.24, 2.45) is 0 Å². The van der Waals surface area contributed by atoms with Crippen LogP contribution in [0.4, 0.5) is 4.39 Å². The molecule has 0 radical (unpaired) electrons. The van der Waals surface area contributed by atoms with E-state index in [1.807, 2.05) is 6.92 Å². The summed E-state index contributed by atoms with van der Waals surface area (Å²) in [6.45, 7) is 1.48. The highest BCUT2D eigenvalue weighted by atomic mass is 19.1. The molecule has 6 heteroatoms. The fraction of sp³-hybridized carbons (Fsp3) is 0.300. The molecular formula is C10H11FN4O. The number of hydrogen-bond acceptors (Lipinski definition) is 4. The van der Waals surface area contributed by atoms with Crippen LogP contribution in [0.5, 0.6) is 0 Å². The molecule has 0 bridgehead atoms. The lowest BCUT2D eigenvalue weighted by Gasteiger charge is -2.10. The number of aliphatic hydroxyl groups excluding tert-OH is 1. The molecule has 0 saturated carbocycles. The first kappa shape index (κ1) is 10.7. The van der Waals surface area contributed by atoms with Crippen molar-refractivity contribution in [2.45, 2.75) is 20.0 Å². The molecule has 84 valence electrons. The normalized spacial score (nSPS) is 10.7. The molecule has 0 atom stereocenters. The van der Waals surface area contributed by atoms with E-state index < -0.39 is 5.82 Å². The number of aliphatic hydroxyl groups is 1. The van der Waals surface area contributed by atoms with Gasteiger partial charge in [-0.25, -0.2) is 9.07 Å². The van der Waals surface area contributed by atoms with Gasteiger partial charge in [-0.3, -0.25) is 0 Å². The largest absolute Gasteiger partial charge is 0.391 e. The van der Waals surface area contributed by atoms with E-state index in [-0.39, 0.29) is 12.2 Å². The molecule has 1 heterocycles. The number of rotatable bonds is 3. The van der Waals surface area contributed by atoms with Crippen LogP contribution in [0.1, 0.15) is 18.1 Å². The number of aryl methyl sites for hydroxylation is 1. The van der Waals surface area contributed by atoms with E-state index in [1.165, 1.54) is 11.0 Å². The molecule has 0 amide bonds. The number of halogens is 1. The van der Waals surface area contributed by atoms with E-state index in [1.54, 1.807) is 12.1 Å². The number of tetrazole rings is 1. The number of nitrogens with zero attached hydrogens (tertiary/aromatic N) is 4. The standard InChI is InChI=1S/C10H11FN4O/c1-2-7-3-4-9(8(5-16)10(7)11)15-6-12-13-14-15/h3-4,6,16H,2,5H2,1H3. The molecule has 0 aliphatic rings. The van der Waals surface area contributed by atoms with Crippen molar-refractivity contribution < 1.29 is 9.50 Å². The number of benzene rings is 1. The Balaban J connectivity index is 2.59. The third kappa shape index (κ3) is 1.67. The van der Waals surface area contributed by atoms with Crippen molar-refractivity contribution in [1.29, 1.82) is 0 Å². The van der Waals surface area contributed by atoms with Crippen LogP contribution in [0.15, 0.2) is 18.5 Å². The highest BCUT2D eigenvalue weighted by molar-refractivity contribution is 5.43. The topological polar surface area (TPSA) is 63.8 Å². The van der Waals surface area contributed by atoms with Crippen LogP contribution < -0.4 is 0 Å². The maximum atomic E-state index is 13.9. The lowest BCUT2D eigenvalue weighted by Crippen LogP contribution is -2.05. The zero-order valence-corrected chi connectivity index (χ0v) is 8.76. The van der Waals surface area contributed by atoms with Crippen LogP contribution >= 0.6 is 0 Å². The van der Waals surface area contributed by atoms with Gasteiger partial charge < -0.3 is 5.11 Å². The highest BCUT2D eigenvalue weighted by Gasteiger charge is 2.13. The fourth-order valence-corrected chi connectivity index (χ4v) is 1.57. The minimum absolute atomic E-state index is 0.214. The maximum absolute atomic E-state index is 13.9. The average Bonchev–Trinajstić information content (AvgIpc) is 2.82. The summed E-state index contributed by atoms with van der Waals surface area (Å²) >= 11 is 0. The van der Waals surface area contributed by atoms with Gasteiger partial charge in [-0.15, -0.1) is 5.10 Å². The van der Waals surface area contributed by atoms with Gasteiger partial charge >= 0.3 is 0 Å². The van der Waals surface area contributed by atoms with E-state index in [0.717, 1.165) is 0 Å². The number of aromatic nitrogens is 4. The fourth-order valence-electron chi connectivity index (χ4n) is 1.57. The van der Waals surface area contributed by atoms with E-state index in [2.05, 4.69) is 15.5 Å². The predicted molar refractivity (Wildman–Crippen MR) is 54.4 cm³/mol. The summed E-state index contributed by atoms with van der Waals surface area (Å²) in [4.78, 5) is 0. The molecular weight excluding hydrogens is 211 g/mol. The van der Waals surface area contributed by atoms with Crippen molar-refractivity contribution in [1.82, 2.24) is 20.2 Å². The molecule has 0 saturated heterocycles. The predicted octanol–water partition coefficient (Wildman–Crippen LogP) is 0.856. The minimum atomic E-state index is -0.391. The van der Waals surface area contributed by atoms with Crippen LogP contribution in [0.25, 0.3) is 5.69 Å². The third-order valence-electron chi connectivity index (χ3n) is 2.43. The lowest BCUT2D eigenvalue weighted by molar-refractivity contribution is 0.274. The van der Waals surface area contributed by atoms with Gasteiger partial charge in [0, 0.05) is 5.56 Å². The van der Waals surface area contributed by atoms with Crippen molar-refractivity contribution in [3.05, 3.63) is 35.4 Å². The van der Waals surface area contributed by atoms with Gasteiger partial charge in [0.1, 0.15) is 12.1 Å². The van der Waals surface area contributed by atoms with Crippen LogP contribution in [0.3, 0.4) is 0 Å². The molecule has 16 heavy (non-hydrogen) atoms. The first-order chi connectivity index (χ1) is 7.77. The van der Waals surface area contributed by atoms with Crippen molar-refractivity contribution >= 4 is 0 Å². The Morgan fingerprint density at radius 2 is 2.25 bits per heavy atom. The van der Waals surface area contributed by atoms with E-state index in [4.69, 9.17) is 0 Å². The van der Waals surface area contributed by atoms with E-state index >= 15 is 0 Å². The average molecular weight is 222 g/mol. The molecule has 0 fully saturated rings. The van der Waals surface area contributed by atoms with Gasteiger partial charge in [-0.2, -0.15) is 0 Å². The Morgan fingerprint density at radius 3 is 2.81 bits per heavy atom. The molecule has 0 spiro atoms. The summed E-state index contributed by atoms with van der Waals surface area (Å²) in [5, 5.41) is 19.8. The van der Waals surface area contributed by atoms with Gasteiger partial charge in [-0.1, -0.05) is 13.0 Å². The molecule has 2 aromatic rings. The van der Waals surface area contributed by atoms with Crippen molar-refractivity contribution in [3.63, 3.8) is 0 Å². The molecule has 2 rings (SSSR count). The lowest BCUT2D eigenvalue weighted by atomic mass is 10.1. The van der Waals surface area contributed by atoms with Gasteiger partial charge in [-0.05, 0) is 28.5 Å². The molecule has 1 aromatic heterocycles. The van der Waals surface area contributed by atoms with E-state index in [0.29, 0.717) is 17.7 Å². The van der Waals surface area contributed by atoms with Crippen LogP contribution in [-0.2, 0) is 13.0 Å². The van der Waals surface area contributed by atoms with Gasteiger partial charge in [0.2, 0.25) is 0 Å². The minimum Gasteiger partial charge on any atom is -0.391 e. The van der Waals surface area contributed by atoms with Gasteiger partial charge in [0.05, 0.1) is 12.3 Å². The Morgan fingerprint density at radius 1 is 1.44 bits per heavy atom. The molecule has 1 aromatic carbocycles. The first-order valence-electron chi connectivity index (χ1n) is 4.92. The summed E-state index contributed by atoms with van der Waals surface area (Å²) in [6.07, 6.45) is 1.94. The van der Waals surface area contributed by atoms with Crippen LogP contribution in [0, 0.1) is 5.82 Å². The molecule has 5 nitrogen and oxygen atoms in total. The molecule has 0 aliphatic carbocycles. The summed E-state index contributed by atoms with van der Waals surface area (Å²) in [5.41, 5.74) is 1.25. The van der Waals surface area contributed by atoms with Crippen LogP contribution in [0.2, 0.25) is 0 Å². The summed E-state index contributed by atoms with van der Waals surface area (Å²) < 4.78 is 15.2. The first-order valence-corrected chi connectivity index (χ1v) is 4.92. The maximum Gasteiger partial charge on any atom is 0.143 e. The SMILES string of the molecule is CCc1ccc(-n2cnnn2)c(CO)c1F. The molecule has 1 N–H and O–H groups in total. The molecule has 0 aliphatic heterocycles. The zero-order valence-electron chi connectivity index (χ0n) is 8.76. The Labute approximate surface area is 91.5 Å². The second-order valence-electron chi connectivity index (χ2n) is 3.30. The number of hydrogen-bond donors (Lipinski definition) is 1. The Bertz CT molecular complexity index is 484. The zero-order chi connectivity index (χ0) is 11.5.